The summed E-state index contributed by atoms with van der Waals surface area (Å²) in [6.07, 6.45) is 0. The van der Waals surface area contributed by atoms with Crippen LogP contribution >= 0.6 is 11.3 Å². The Morgan fingerprint density at radius 3 is 2.48 bits per heavy atom. The lowest BCUT2D eigenvalue weighted by Crippen LogP contribution is -2.36. The van der Waals surface area contributed by atoms with Crippen molar-refractivity contribution in [2.24, 2.45) is 5.92 Å². The van der Waals surface area contributed by atoms with Crippen LogP contribution in [0.4, 0.5) is 0 Å². The van der Waals surface area contributed by atoms with Crippen molar-refractivity contribution in [1.29, 1.82) is 0 Å². The Kier molecular flexibility index (Phi) is 6.03. The van der Waals surface area contributed by atoms with Gasteiger partial charge in [-0.25, -0.2) is 4.68 Å². The summed E-state index contributed by atoms with van der Waals surface area (Å²) in [5.41, 5.74) is 2.03. The maximum absolute atomic E-state index is 12.7. The second-order valence-corrected chi connectivity index (χ2v) is 7.29. The molecule has 0 radical (unpaired) electrons. The fraction of sp³-hybridized carbons (Fsp3) is 0.250. The molecule has 3 aromatic rings. The third-order valence-corrected chi connectivity index (χ3v) is 4.84. The SMILES string of the molecule is CC(C)C(=O)NCCNC(=O)c1cc(-c2cccs2)nn1-c1ccccc1. The van der Waals surface area contributed by atoms with Gasteiger partial charge in [-0.2, -0.15) is 5.10 Å². The predicted octanol–water partition coefficient (Wildman–Crippen LogP) is 3.10. The minimum absolute atomic E-state index is 0.0291. The van der Waals surface area contributed by atoms with Crippen LogP contribution in [0.15, 0.2) is 53.9 Å². The molecule has 1 aromatic carbocycles. The van der Waals surface area contributed by atoms with E-state index < -0.39 is 0 Å². The maximum atomic E-state index is 12.7. The standard InChI is InChI=1S/C20H22N4O2S/c1-14(2)19(25)21-10-11-22-20(26)17-13-16(18-9-6-12-27-18)23-24(17)15-7-4-3-5-8-15/h3-9,12-14H,10-11H2,1-2H3,(H,21,25)(H,22,26). The third kappa shape index (κ3) is 4.62. The van der Waals surface area contributed by atoms with Crippen molar-refractivity contribution in [1.82, 2.24) is 20.4 Å². The lowest BCUT2D eigenvalue weighted by atomic mass is 10.2. The van der Waals surface area contributed by atoms with Crippen molar-refractivity contribution < 1.29 is 9.59 Å². The van der Waals surface area contributed by atoms with E-state index in [1.165, 1.54) is 0 Å². The number of aromatic nitrogens is 2. The molecule has 0 bridgehead atoms. The molecular weight excluding hydrogens is 360 g/mol. The number of benzene rings is 1. The number of hydrogen-bond acceptors (Lipinski definition) is 4. The first-order chi connectivity index (χ1) is 13.1. The van der Waals surface area contributed by atoms with Crippen molar-refractivity contribution in [3.8, 4) is 16.3 Å². The Hall–Kier alpha value is -2.93. The summed E-state index contributed by atoms with van der Waals surface area (Å²) in [7, 11) is 0. The Morgan fingerprint density at radius 2 is 1.81 bits per heavy atom. The minimum Gasteiger partial charge on any atom is -0.354 e. The van der Waals surface area contributed by atoms with Gasteiger partial charge in [0.1, 0.15) is 11.4 Å². The number of hydrogen-bond donors (Lipinski definition) is 2. The number of nitrogens with one attached hydrogen (secondary N) is 2. The summed E-state index contributed by atoms with van der Waals surface area (Å²) in [4.78, 5) is 25.3. The fourth-order valence-corrected chi connectivity index (χ4v) is 3.19. The highest BCUT2D eigenvalue weighted by molar-refractivity contribution is 7.13. The number of nitrogens with zero attached hydrogens (tertiary/aromatic N) is 2. The number of amides is 2. The van der Waals surface area contributed by atoms with Crippen molar-refractivity contribution in [3.05, 3.63) is 59.6 Å². The zero-order valence-electron chi connectivity index (χ0n) is 15.3. The van der Waals surface area contributed by atoms with Crippen molar-refractivity contribution in [2.75, 3.05) is 13.1 Å². The van der Waals surface area contributed by atoms with Crippen LogP contribution in [0.2, 0.25) is 0 Å². The molecule has 2 heterocycles. The van der Waals surface area contributed by atoms with E-state index >= 15 is 0 Å². The van der Waals surface area contributed by atoms with Crippen LogP contribution in [0.3, 0.4) is 0 Å². The first-order valence-electron chi connectivity index (χ1n) is 8.81. The van der Waals surface area contributed by atoms with Crippen LogP contribution < -0.4 is 10.6 Å². The van der Waals surface area contributed by atoms with E-state index in [1.54, 1.807) is 22.1 Å². The van der Waals surface area contributed by atoms with E-state index in [-0.39, 0.29) is 17.7 Å². The molecule has 0 saturated carbocycles. The molecule has 3 rings (SSSR count). The molecule has 27 heavy (non-hydrogen) atoms. The summed E-state index contributed by atoms with van der Waals surface area (Å²) >= 11 is 1.58. The van der Waals surface area contributed by atoms with Crippen LogP contribution in [-0.4, -0.2) is 34.7 Å². The topological polar surface area (TPSA) is 76.0 Å². The monoisotopic (exact) mass is 382 g/mol. The predicted molar refractivity (Wildman–Crippen MR) is 107 cm³/mol. The fourth-order valence-electron chi connectivity index (χ4n) is 2.51. The van der Waals surface area contributed by atoms with Crippen molar-refractivity contribution >= 4 is 23.2 Å². The molecule has 0 aliphatic carbocycles. The smallest absolute Gasteiger partial charge is 0.270 e. The molecule has 2 amide bonds. The lowest BCUT2D eigenvalue weighted by Gasteiger charge is -2.10. The van der Waals surface area contributed by atoms with E-state index in [1.807, 2.05) is 61.7 Å². The van der Waals surface area contributed by atoms with Gasteiger partial charge in [0.15, 0.2) is 0 Å². The lowest BCUT2D eigenvalue weighted by molar-refractivity contribution is -0.123. The molecule has 0 saturated heterocycles. The van der Waals surface area contributed by atoms with Gasteiger partial charge in [-0.05, 0) is 29.6 Å². The van der Waals surface area contributed by atoms with Gasteiger partial charge in [-0.1, -0.05) is 38.1 Å². The van der Waals surface area contributed by atoms with Gasteiger partial charge in [0.2, 0.25) is 5.91 Å². The van der Waals surface area contributed by atoms with Crippen LogP contribution in [0, 0.1) is 5.92 Å². The first kappa shape index (κ1) is 18.8. The average Bonchev–Trinajstić information content (AvgIpc) is 3.34. The maximum Gasteiger partial charge on any atom is 0.270 e. The van der Waals surface area contributed by atoms with Gasteiger partial charge in [0.05, 0.1) is 10.6 Å². The Labute approximate surface area is 162 Å². The van der Waals surface area contributed by atoms with Crippen molar-refractivity contribution in [2.45, 2.75) is 13.8 Å². The molecule has 0 unspecified atom stereocenters. The molecular formula is C20H22N4O2S. The van der Waals surface area contributed by atoms with Gasteiger partial charge in [0, 0.05) is 19.0 Å². The average molecular weight is 382 g/mol. The normalized spacial score (nSPS) is 10.8. The number of thiophene rings is 1. The van der Waals surface area contributed by atoms with E-state index in [0.29, 0.717) is 18.8 Å². The van der Waals surface area contributed by atoms with E-state index in [9.17, 15) is 9.59 Å². The third-order valence-electron chi connectivity index (χ3n) is 3.95. The zero-order chi connectivity index (χ0) is 19.2. The Balaban J connectivity index is 1.77. The summed E-state index contributed by atoms with van der Waals surface area (Å²) in [6, 6.07) is 15.3. The molecule has 7 heteroatoms. The molecule has 0 aliphatic heterocycles. The highest BCUT2D eigenvalue weighted by Gasteiger charge is 2.18. The van der Waals surface area contributed by atoms with Crippen LogP contribution in [0.25, 0.3) is 16.3 Å². The first-order valence-corrected chi connectivity index (χ1v) is 9.69. The van der Waals surface area contributed by atoms with Gasteiger partial charge in [0.25, 0.3) is 5.91 Å². The summed E-state index contributed by atoms with van der Waals surface area (Å²) in [6.45, 7) is 4.41. The van der Waals surface area contributed by atoms with Gasteiger partial charge in [-0.15, -0.1) is 11.3 Å². The summed E-state index contributed by atoms with van der Waals surface area (Å²) in [5, 5.41) is 12.2. The second-order valence-electron chi connectivity index (χ2n) is 6.34. The van der Waals surface area contributed by atoms with Gasteiger partial charge < -0.3 is 10.6 Å². The van der Waals surface area contributed by atoms with Crippen LogP contribution in [0.5, 0.6) is 0 Å². The molecule has 140 valence electrons. The number of para-hydroxylation sites is 1. The number of rotatable bonds is 7. The molecule has 2 N–H and O–H groups in total. The van der Waals surface area contributed by atoms with Crippen LogP contribution in [0.1, 0.15) is 24.3 Å². The van der Waals surface area contributed by atoms with E-state index in [0.717, 1.165) is 16.3 Å². The number of carbonyl (C=O) groups excluding carboxylic acids is 2. The summed E-state index contributed by atoms with van der Waals surface area (Å²) in [5.74, 6) is -0.333. The van der Waals surface area contributed by atoms with Gasteiger partial charge >= 0.3 is 0 Å². The van der Waals surface area contributed by atoms with Crippen LogP contribution in [-0.2, 0) is 4.79 Å². The Morgan fingerprint density at radius 1 is 1.07 bits per heavy atom. The van der Waals surface area contributed by atoms with E-state index in [2.05, 4.69) is 15.7 Å². The zero-order valence-corrected chi connectivity index (χ0v) is 16.1. The molecule has 6 nitrogen and oxygen atoms in total. The largest absolute Gasteiger partial charge is 0.354 e. The second kappa shape index (κ2) is 8.64. The van der Waals surface area contributed by atoms with E-state index in [4.69, 9.17) is 0 Å². The molecule has 2 aromatic heterocycles. The number of carbonyl (C=O) groups is 2. The highest BCUT2D eigenvalue weighted by atomic mass is 32.1. The van der Waals surface area contributed by atoms with Gasteiger partial charge in [-0.3, -0.25) is 9.59 Å². The van der Waals surface area contributed by atoms with Crippen molar-refractivity contribution in [3.63, 3.8) is 0 Å². The highest BCUT2D eigenvalue weighted by Crippen LogP contribution is 2.25. The molecule has 0 fully saturated rings. The molecule has 0 aliphatic rings. The quantitative estimate of drug-likeness (QED) is 0.617. The minimum atomic E-state index is -0.229. The molecule has 0 spiro atoms. The molecule has 0 atom stereocenters. The summed E-state index contributed by atoms with van der Waals surface area (Å²) < 4.78 is 1.65. The Bertz CT molecular complexity index is 901.